The van der Waals surface area contributed by atoms with Gasteiger partial charge < -0.3 is 60.3 Å². The third-order valence-corrected chi connectivity index (χ3v) is 41.3. The van der Waals surface area contributed by atoms with E-state index in [9.17, 15) is 14.4 Å². The number of carbonyl (C=O) groups is 4. The number of hydrogen-bond acceptors (Lipinski definition) is 17. The van der Waals surface area contributed by atoms with E-state index in [1.54, 1.807) is 75.9 Å². The molecule has 0 aliphatic carbocycles. The lowest BCUT2D eigenvalue weighted by Crippen LogP contribution is -2.69. The maximum Gasteiger partial charge on any atom is 0.338 e. The van der Waals surface area contributed by atoms with Crippen molar-refractivity contribution in [3.05, 3.63) is 114 Å². The van der Waals surface area contributed by atoms with Gasteiger partial charge in [-0.15, -0.1) is 5.73 Å². The van der Waals surface area contributed by atoms with Crippen LogP contribution in [0.2, 0.25) is 72.5 Å². The molecule has 4 aliphatic heterocycles. The third kappa shape index (κ3) is 23.8. The molecule has 0 amide bonds. The number of Topliss-reactive ketones (excluding diaryl/α,β-unsaturated/α-hetero) is 1. The van der Waals surface area contributed by atoms with Crippen LogP contribution in [-0.4, -0.2) is 176 Å². The number of allylic oxidation sites excluding steroid dienone is 1. The van der Waals surface area contributed by atoms with Gasteiger partial charge in [0, 0.05) is 71.9 Å². The lowest BCUT2D eigenvalue weighted by Gasteiger charge is -2.56. The van der Waals surface area contributed by atoms with Gasteiger partial charge >= 0.3 is 11.9 Å². The summed E-state index contributed by atoms with van der Waals surface area (Å²) in [6.07, 6.45) is 1.08. The molecule has 6 rings (SSSR count). The predicted molar refractivity (Wildman–Crippen MR) is 409 cm³/mol. The van der Waals surface area contributed by atoms with Gasteiger partial charge in [0.15, 0.2) is 45.3 Å². The lowest BCUT2D eigenvalue weighted by molar-refractivity contribution is -0.266. The van der Waals surface area contributed by atoms with Crippen molar-refractivity contribution in [2.45, 2.75) is 331 Å². The molecular formula is C80H130O17Si4. The van der Waals surface area contributed by atoms with Crippen LogP contribution < -0.4 is 0 Å². The van der Waals surface area contributed by atoms with Crippen LogP contribution in [0.4, 0.5) is 0 Å². The van der Waals surface area contributed by atoms with Crippen LogP contribution in [0.5, 0.6) is 0 Å². The molecule has 0 aromatic heterocycles. The third-order valence-electron chi connectivity index (χ3n) is 23.2. The summed E-state index contributed by atoms with van der Waals surface area (Å²) in [6.45, 7) is 50.5. The minimum atomic E-state index is -2.69. The Kier molecular flexibility index (Phi) is 32.0. The Morgan fingerprint density at radius 2 is 1.23 bits per heavy atom. The van der Waals surface area contributed by atoms with Crippen molar-refractivity contribution in [3.8, 4) is 0 Å². The molecule has 0 N–H and O–H groups in total. The Bertz CT molecular complexity index is 3040. The molecule has 2 aromatic rings. The van der Waals surface area contributed by atoms with Crippen LogP contribution in [0.15, 0.2) is 103 Å². The Morgan fingerprint density at radius 3 is 1.77 bits per heavy atom. The fourth-order valence-corrected chi connectivity index (χ4v) is 20.3. The number of esters is 2. The quantitative estimate of drug-likeness (QED) is 0.0154. The summed E-state index contributed by atoms with van der Waals surface area (Å²) in [5.41, 5.74) is 5.95. The van der Waals surface area contributed by atoms with Gasteiger partial charge in [-0.05, 0) is 159 Å². The van der Waals surface area contributed by atoms with E-state index in [1.165, 1.54) is 0 Å². The average Bonchev–Trinajstić information content (AvgIpc) is 1.35. The zero-order chi connectivity index (χ0) is 75.1. The summed E-state index contributed by atoms with van der Waals surface area (Å²) < 4.78 is 88.2. The zero-order valence-electron chi connectivity index (χ0n) is 65.8. The van der Waals surface area contributed by atoms with Crippen LogP contribution in [0.25, 0.3) is 0 Å². The lowest BCUT2D eigenvalue weighted by atomic mass is 9.84. The molecule has 17 nitrogen and oxygen atoms in total. The largest absolute Gasteiger partial charge is 0.458 e. The van der Waals surface area contributed by atoms with Crippen molar-refractivity contribution in [1.29, 1.82) is 0 Å². The smallest absolute Gasteiger partial charge is 0.338 e. The Morgan fingerprint density at radius 1 is 0.653 bits per heavy atom. The molecule has 0 saturated carbocycles. The standard InChI is InChI=1S/C80H130O17Si4/c1-25-54(5)47-62(94-101(26-2,27-3)28-4)43-45-65-55(6)48-60(89-65)41-39-58(81)40-44-67(95-98(19,20)78(7,8)9)73-75(97-100(23,24)80(13,14)15)74(96-99(21,22)79(10,11)12)72-66(93-73)46-42-61(90-72)49-59(82)50-64-68(52-70(85-16)86-17)92-69(71(64)87-18)51-63(91-77(84)57-37-33-30-34-38-57)53-88-76(83)56-35-31-29-32-36-56/h29-38,40,44,60-75H,1,6,26-28,39,41-43,45-53H2,2-5,7-24H3/b44-40+/t60-,61+,62-,63+,64-,65?,66-,67-,68-,69?,71+,72-,73-,74?,75?/m0/s1. The van der Waals surface area contributed by atoms with E-state index in [-0.39, 0.29) is 83.7 Å². The summed E-state index contributed by atoms with van der Waals surface area (Å²) in [5, 5.41) is -0.655. The molecule has 4 saturated heterocycles. The van der Waals surface area contributed by atoms with E-state index in [4.69, 9.17) is 60.3 Å². The fraction of sp³-hybridized carbons (Fsp3) is 0.713. The molecule has 0 spiro atoms. The Labute approximate surface area is 612 Å². The Hall–Kier alpha value is -3.85. The van der Waals surface area contributed by atoms with Gasteiger partial charge in [-0.1, -0.05) is 139 Å². The maximum atomic E-state index is 15.1. The highest BCUT2D eigenvalue weighted by Crippen LogP contribution is 2.48. The molecule has 2 aromatic carbocycles. The van der Waals surface area contributed by atoms with E-state index >= 15 is 4.79 Å². The second-order valence-corrected chi connectivity index (χ2v) is 52.4. The predicted octanol–water partition coefficient (Wildman–Crippen LogP) is 17.6. The summed E-state index contributed by atoms with van der Waals surface area (Å²) in [4.78, 5) is 56.5. The molecule has 101 heavy (non-hydrogen) atoms. The van der Waals surface area contributed by atoms with Crippen molar-refractivity contribution < 1.29 is 79.5 Å². The summed E-state index contributed by atoms with van der Waals surface area (Å²) in [5.74, 6) is -1.73. The van der Waals surface area contributed by atoms with Gasteiger partial charge in [0.1, 0.15) is 42.9 Å². The molecule has 4 unspecified atom stereocenters. The van der Waals surface area contributed by atoms with Crippen LogP contribution in [0.1, 0.15) is 188 Å². The zero-order valence-corrected chi connectivity index (χ0v) is 69.8. The number of methoxy groups -OCH3 is 3. The molecule has 4 aliphatic rings. The fourth-order valence-electron chi connectivity index (χ4n) is 13.6. The van der Waals surface area contributed by atoms with Crippen molar-refractivity contribution in [2.75, 3.05) is 27.9 Å². The van der Waals surface area contributed by atoms with Gasteiger partial charge in [-0.2, -0.15) is 0 Å². The Balaban J connectivity index is 1.27. The van der Waals surface area contributed by atoms with Crippen molar-refractivity contribution in [2.24, 2.45) is 5.92 Å². The van der Waals surface area contributed by atoms with Crippen molar-refractivity contribution in [3.63, 3.8) is 0 Å². The van der Waals surface area contributed by atoms with Gasteiger partial charge in [-0.3, -0.25) is 9.59 Å². The molecule has 568 valence electrons. The van der Waals surface area contributed by atoms with Gasteiger partial charge in [-0.25, -0.2) is 9.59 Å². The minimum Gasteiger partial charge on any atom is -0.458 e. The van der Waals surface area contributed by atoms with Gasteiger partial charge in [0.2, 0.25) is 0 Å². The molecule has 0 bridgehead atoms. The van der Waals surface area contributed by atoms with Crippen molar-refractivity contribution >= 4 is 56.8 Å². The number of ketones is 2. The molecule has 4 heterocycles. The van der Waals surface area contributed by atoms with E-state index in [1.807, 2.05) is 18.2 Å². The minimum absolute atomic E-state index is 0.0276. The maximum absolute atomic E-state index is 15.1. The number of hydrogen-bond donors (Lipinski definition) is 0. The first-order chi connectivity index (χ1) is 47.3. The van der Waals surface area contributed by atoms with Crippen molar-refractivity contribution in [1.82, 2.24) is 0 Å². The number of benzene rings is 2. The molecule has 15 atom stereocenters. The van der Waals surface area contributed by atoms with Crippen LogP contribution in [0, 0.1) is 5.92 Å². The van der Waals surface area contributed by atoms with Gasteiger partial charge in [0.05, 0.1) is 60.0 Å². The van der Waals surface area contributed by atoms with Crippen LogP contribution in [0.3, 0.4) is 0 Å². The highest BCUT2D eigenvalue weighted by molar-refractivity contribution is 6.75. The SMILES string of the molecule is C=C=C(C)C[C@H](CCC1O[C@@H](CCC(=O)/C=C/[C@H](O[Si](C)(C)C(C)(C)C)[C@@H]2O[C@H]3CC[C@H](CC(=O)C[C@H]4[C@H](CC(OC)OC)OC(C[C@H](COC(=O)c5ccccc5)OC(=O)c5ccccc5)[C@@H]4OC)O[C@@H]3C(O[Si](C)(C)C(C)(C)C)C2O[Si](C)(C)C(C)(C)C)CC1=C)O[Si](CC)(CC)CC. The molecule has 21 heteroatoms. The van der Waals surface area contributed by atoms with E-state index in [0.717, 1.165) is 48.5 Å². The first kappa shape index (κ1) is 86.1. The van der Waals surface area contributed by atoms with Crippen LogP contribution in [-0.2, 0) is 69.9 Å². The topological polar surface area (TPSA) is 188 Å². The van der Waals surface area contributed by atoms with E-state index in [2.05, 4.69) is 148 Å². The highest BCUT2D eigenvalue weighted by atomic mass is 28.4. The number of rotatable bonds is 38. The molecule has 4 fully saturated rings. The average molecular weight is 1480 g/mol. The first-order valence-electron chi connectivity index (χ1n) is 37.4. The monoisotopic (exact) mass is 1470 g/mol. The number of ether oxygens (including phenoxy) is 9. The summed E-state index contributed by atoms with van der Waals surface area (Å²) >= 11 is 0. The molecular weight excluding hydrogens is 1350 g/mol. The number of fused-ring (bicyclic) bond motifs is 1. The second-order valence-electron chi connectivity index (χ2n) is 33.4. The van der Waals surface area contributed by atoms with Crippen LogP contribution >= 0.6 is 0 Å². The first-order valence-corrected chi connectivity index (χ1v) is 48.7. The van der Waals surface area contributed by atoms with E-state index < -0.39 is 125 Å². The summed E-state index contributed by atoms with van der Waals surface area (Å²) in [7, 11) is -5.16. The highest BCUT2D eigenvalue weighted by Gasteiger charge is 2.58. The van der Waals surface area contributed by atoms with E-state index in [0.29, 0.717) is 36.8 Å². The van der Waals surface area contributed by atoms with Gasteiger partial charge in [0.25, 0.3) is 0 Å². The summed E-state index contributed by atoms with van der Waals surface area (Å²) in [6, 6.07) is 20.5. The second kappa shape index (κ2) is 37.6. The normalized spacial score (nSPS) is 25.8. The molecule has 0 radical (unpaired) electrons. The number of carbonyl (C=O) groups excluding carboxylic acids is 4.